The first-order valence-corrected chi connectivity index (χ1v) is 19.9. The second-order valence-electron chi connectivity index (χ2n) is 14.5. The molecule has 0 heterocycles. The second-order valence-corrected chi connectivity index (χ2v) is 14.5. The zero-order chi connectivity index (χ0) is 38.7. The molecule has 10 rings (SSSR count). The van der Waals surface area contributed by atoms with Gasteiger partial charge in [0, 0.05) is 39.4 Å². The fourth-order valence-corrected chi connectivity index (χ4v) is 8.52. The van der Waals surface area contributed by atoms with Gasteiger partial charge in [0.25, 0.3) is 0 Å². The van der Waals surface area contributed by atoms with Crippen LogP contribution in [0.2, 0.25) is 0 Å². The maximum atomic E-state index is 2.42. The van der Waals surface area contributed by atoms with E-state index in [2.05, 4.69) is 252 Å². The monoisotopic (exact) mass is 740 g/mol. The van der Waals surface area contributed by atoms with Crippen LogP contribution in [-0.2, 0) is 0 Å². The molecule has 0 amide bonds. The first-order chi connectivity index (χ1) is 28.8. The van der Waals surface area contributed by atoms with E-state index < -0.39 is 0 Å². The van der Waals surface area contributed by atoms with Gasteiger partial charge in [-0.15, -0.1) is 0 Å². The molecule has 0 aliphatic rings. The number of anilines is 6. The van der Waals surface area contributed by atoms with Crippen LogP contribution in [0.5, 0.6) is 0 Å². The lowest BCUT2D eigenvalue weighted by Gasteiger charge is -2.31. The van der Waals surface area contributed by atoms with Crippen molar-refractivity contribution in [2.45, 2.75) is 0 Å². The van der Waals surface area contributed by atoms with E-state index in [1.165, 1.54) is 49.4 Å². The zero-order valence-electron chi connectivity index (χ0n) is 32.0. The lowest BCUT2D eigenvalue weighted by molar-refractivity contribution is 1.26. The van der Waals surface area contributed by atoms with E-state index in [-0.39, 0.29) is 0 Å². The lowest BCUT2D eigenvalue weighted by atomic mass is 9.82. The van der Waals surface area contributed by atoms with Crippen LogP contribution in [0, 0.1) is 0 Å². The fourth-order valence-electron chi connectivity index (χ4n) is 8.52. The van der Waals surface area contributed by atoms with Gasteiger partial charge < -0.3 is 9.80 Å². The van der Waals surface area contributed by atoms with Crippen LogP contribution in [0.4, 0.5) is 34.1 Å². The van der Waals surface area contributed by atoms with Crippen molar-refractivity contribution in [1.82, 2.24) is 0 Å². The minimum absolute atomic E-state index is 1.07. The number of hydrogen-bond acceptors (Lipinski definition) is 2. The van der Waals surface area contributed by atoms with Crippen LogP contribution in [0.25, 0.3) is 54.9 Å². The highest BCUT2D eigenvalue weighted by atomic mass is 15.2. The molecule has 58 heavy (non-hydrogen) atoms. The van der Waals surface area contributed by atoms with E-state index in [4.69, 9.17) is 0 Å². The summed E-state index contributed by atoms with van der Waals surface area (Å²) in [6.45, 7) is 0. The van der Waals surface area contributed by atoms with Crippen LogP contribution >= 0.6 is 0 Å². The third-order valence-electron chi connectivity index (χ3n) is 11.0. The fraction of sp³-hybridized carbons (Fsp3) is 0. The van der Waals surface area contributed by atoms with Gasteiger partial charge in [-0.3, -0.25) is 0 Å². The first-order valence-electron chi connectivity index (χ1n) is 19.9. The molecule has 0 spiro atoms. The number of hydrogen-bond donors (Lipinski definition) is 0. The Morgan fingerprint density at radius 1 is 0.207 bits per heavy atom. The first kappa shape index (κ1) is 34.8. The lowest BCUT2D eigenvalue weighted by Crippen LogP contribution is -2.13. The minimum atomic E-state index is 1.07. The Kier molecular flexibility index (Phi) is 9.27. The van der Waals surface area contributed by atoms with Gasteiger partial charge in [0.05, 0.1) is 5.69 Å². The highest BCUT2D eigenvalue weighted by Gasteiger charge is 2.25. The molecular weight excluding hydrogens is 701 g/mol. The molecule has 0 aliphatic heterocycles. The Morgan fingerprint density at radius 3 is 1.00 bits per heavy atom. The van der Waals surface area contributed by atoms with Crippen LogP contribution in [0.3, 0.4) is 0 Å². The summed E-state index contributed by atoms with van der Waals surface area (Å²) in [5, 5.41) is 4.91. The summed E-state index contributed by atoms with van der Waals surface area (Å²) in [7, 11) is 0. The summed E-state index contributed by atoms with van der Waals surface area (Å²) in [6.07, 6.45) is 0. The van der Waals surface area contributed by atoms with E-state index >= 15 is 0 Å². The topological polar surface area (TPSA) is 6.48 Å². The third kappa shape index (κ3) is 6.37. The molecular formula is C56H40N2. The molecule has 10 aromatic rings. The van der Waals surface area contributed by atoms with Gasteiger partial charge in [-0.05, 0) is 111 Å². The smallest absolute Gasteiger partial charge is 0.0546 e. The van der Waals surface area contributed by atoms with Crippen molar-refractivity contribution < 1.29 is 0 Å². The van der Waals surface area contributed by atoms with Gasteiger partial charge in [0.2, 0.25) is 0 Å². The van der Waals surface area contributed by atoms with Gasteiger partial charge in [-0.2, -0.15) is 0 Å². The largest absolute Gasteiger partial charge is 0.311 e. The summed E-state index contributed by atoms with van der Waals surface area (Å²) in [6, 6.07) is 87.3. The summed E-state index contributed by atoms with van der Waals surface area (Å²) in [5.41, 5.74) is 13.8. The Balaban J connectivity index is 1.28. The molecule has 0 fully saturated rings. The van der Waals surface area contributed by atoms with Gasteiger partial charge in [0.15, 0.2) is 0 Å². The molecule has 0 atom stereocenters. The van der Waals surface area contributed by atoms with Crippen LogP contribution in [0.15, 0.2) is 243 Å². The molecule has 0 saturated heterocycles. The molecule has 0 saturated carbocycles. The van der Waals surface area contributed by atoms with E-state index in [9.17, 15) is 0 Å². The van der Waals surface area contributed by atoms with Crippen molar-refractivity contribution in [3.8, 4) is 33.4 Å². The van der Waals surface area contributed by atoms with Crippen LogP contribution in [0.1, 0.15) is 0 Å². The van der Waals surface area contributed by atoms with Crippen molar-refractivity contribution in [2.75, 3.05) is 9.80 Å². The maximum Gasteiger partial charge on any atom is 0.0546 e. The molecule has 0 radical (unpaired) electrons. The van der Waals surface area contributed by atoms with Gasteiger partial charge in [0.1, 0.15) is 0 Å². The normalized spacial score (nSPS) is 11.1. The average molecular weight is 741 g/mol. The molecule has 0 bridgehead atoms. The van der Waals surface area contributed by atoms with Crippen molar-refractivity contribution in [3.05, 3.63) is 243 Å². The second kappa shape index (κ2) is 15.5. The van der Waals surface area contributed by atoms with Gasteiger partial charge >= 0.3 is 0 Å². The van der Waals surface area contributed by atoms with E-state index in [1.807, 2.05) is 0 Å². The van der Waals surface area contributed by atoms with Crippen molar-refractivity contribution in [1.29, 1.82) is 0 Å². The Labute approximate surface area is 340 Å². The summed E-state index contributed by atoms with van der Waals surface area (Å²) in [4.78, 5) is 4.73. The number of rotatable bonds is 9. The highest BCUT2D eigenvalue weighted by molar-refractivity contribution is 6.26. The van der Waals surface area contributed by atoms with Crippen molar-refractivity contribution in [3.63, 3.8) is 0 Å². The van der Waals surface area contributed by atoms with Crippen molar-refractivity contribution in [2.24, 2.45) is 0 Å². The molecule has 274 valence electrons. The number of nitrogens with zero attached hydrogens (tertiary/aromatic N) is 2. The summed E-state index contributed by atoms with van der Waals surface area (Å²) >= 11 is 0. The molecule has 2 heteroatoms. The molecule has 0 aliphatic carbocycles. The molecule has 2 nitrogen and oxygen atoms in total. The van der Waals surface area contributed by atoms with E-state index in [0.717, 1.165) is 39.7 Å². The quantitative estimate of drug-likeness (QED) is 0.136. The third-order valence-corrected chi connectivity index (χ3v) is 11.0. The van der Waals surface area contributed by atoms with E-state index in [0.29, 0.717) is 0 Å². The zero-order valence-corrected chi connectivity index (χ0v) is 32.0. The van der Waals surface area contributed by atoms with Crippen LogP contribution < -0.4 is 9.80 Å². The van der Waals surface area contributed by atoms with Gasteiger partial charge in [-0.1, -0.05) is 176 Å². The summed E-state index contributed by atoms with van der Waals surface area (Å²) < 4.78 is 0. The predicted octanol–water partition coefficient (Wildman–Crippen LogP) is 15.9. The standard InChI is InChI=1S/C56H40N2/c1-7-21-41(22-8-1)53-49-33-19-20-34-50(49)54(42-23-9-2-10-24-42)56-51(53)39-40-52(55(56)43-25-11-3-12-26-43)58(46-31-17-6-18-32-46)48-37-35-47(36-38-48)57(44-27-13-4-14-28-44)45-29-15-5-16-30-45/h1-40H. The molecule has 0 unspecified atom stereocenters. The number of fused-ring (bicyclic) bond motifs is 2. The summed E-state index contributed by atoms with van der Waals surface area (Å²) in [5.74, 6) is 0. The van der Waals surface area contributed by atoms with Crippen molar-refractivity contribution >= 4 is 55.7 Å². The van der Waals surface area contributed by atoms with Gasteiger partial charge in [-0.25, -0.2) is 0 Å². The Hall–Kier alpha value is -7.68. The molecule has 10 aromatic carbocycles. The highest BCUT2D eigenvalue weighted by Crippen LogP contribution is 2.52. The SMILES string of the molecule is c1ccc(-c2c3ccccc3c(-c3ccccc3)c3c(-c4ccccc4)c(N(c4ccccc4)c4ccc(N(c5ccccc5)c5ccccc5)cc4)ccc23)cc1. The predicted molar refractivity (Wildman–Crippen MR) is 247 cm³/mol. The molecule has 0 N–H and O–H groups in total. The molecule has 0 aromatic heterocycles. The Morgan fingerprint density at radius 2 is 0.534 bits per heavy atom. The number of para-hydroxylation sites is 3. The minimum Gasteiger partial charge on any atom is -0.311 e. The number of benzene rings is 10. The Bertz CT molecular complexity index is 2910. The maximum absolute atomic E-state index is 2.42. The van der Waals surface area contributed by atoms with E-state index in [1.54, 1.807) is 0 Å². The van der Waals surface area contributed by atoms with Crippen LogP contribution in [-0.4, -0.2) is 0 Å². The average Bonchev–Trinajstić information content (AvgIpc) is 3.31.